The number of halogens is 2. The zero-order valence-electron chi connectivity index (χ0n) is 17.2. The van der Waals surface area contributed by atoms with Crippen LogP contribution >= 0.6 is 34.2 Å². The van der Waals surface area contributed by atoms with Crippen molar-refractivity contribution < 1.29 is 19.1 Å². The average molecular weight is 580 g/mol. The standard InChI is InChI=1S/C22H19ClIN5O4/c23-17-9-12(24)1-6-16(17)20(30)27-13-2-4-14(5-3-13)28-21(31)18-19(26-11-25-18)22(32)29-15-7-8-33-10-15/h1-6,9,11,15H,7-8,10H2,(H,25,26)(H,27,30)(H,28,31)(H,29,32). The van der Waals surface area contributed by atoms with E-state index in [9.17, 15) is 14.4 Å². The van der Waals surface area contributed by atoms with Crippen molar-refractivity contribution in [3.8, 4) is 0 Å². The number of H-pyrrole nitrogens is 1. The van der Waals surface area contributed by atoms with Gasteiger partial charge in [0.1, 0.15) is 5.69 Å². The first-order chi connectivity index (χ1) is 15.9. The van der Waals surface area contributed by atoms with Crippen molar-refractivity contribution in [3.05, 3.63) is 74.3 Å². The molecule has 2 aromatic carbocycles. The molecule has 33 heavy (non-hydrogen) atoms. The first-order valence-electron chi connectivity index (χ1n) is 10.0. The highest BCUT2D eigenvalue weighted by Gasteiger charge is 2.24. The van der Waals surface area contributed by atoms with Gasteiger partial charge in [-0.25, -0.2) is 4.98 Å². The summed E-state index contributed by atoms with van der Waals surface area (Å²) in [6.45, 7) is 1.04. The lowest BCUT2D eigenvalue weighted by Gasteiger charge is -2.11. The molecule has 1 fully saturated rings. The fourth-order valence-electron chi connectivity index (χ4n) is 3.24. The number of aromatic nitrogens is 2. The van der Waals surface area contributed by atoms with E-state index in [1.165, 1.54) is 6.33 Å². The summed E-state index contributed by atoms with van der Waals surface area (Å²) in [5.74, 6) is -1.29. The van der Waals surface area contributed by atoms with E-state index in [0.29, 0.717) is 35.2 Å². The van der Waals surface area contributed by atoms with Crippen molar-refractivity contribution >= 4 is 63.3 Å². The maximum atomic E-state index is 12.7. The Hall–Kier alpha value is -2.96. The molecule has 3 aromatic rings. The van der Waals surface area contributed by atoms with Gasteiger partial charge in [-0.05, 0) is 71.5 Å². The summed E-state index contributed by atoms with van der Waals surface area (Å²) in [4.78, 5) is 44.3. The monoisotopic (exact) mass is 579 g/mol. The molecule has 4 N–H and O–H groups in total. The fourth-order valence-corrected chi connectivity index (χ4v) is 4.19. The molecule has 1 atom stereocenters. The van der Waals surface area contributed by atoms with Crippen LogP contribution in [0.5, 0.6) is 0 Å². The molecule has 3 amide bonds. The van der Waals surface area contributed by atoms with Gasteiger partial charge in [0.15, 0.2) is 5.69 Å². The Bertz CT molecular complexity index is 1190. The lowest BCUT2D eigenvalue weighted by molar-refractivity contribution is 0.0914. The molecular formula is C22H19ClIN5O4. The van der Waals surface area contributed by atoms with E-state index in [2.05, 4.69) is 48.5 Å². The van der Waals surface area contributed by atoms with Crippen LogP contribution in [0.15, 0.2) is 48.8 Å². The summed E-state index contributed by atoms with van der Waals surface area (Å²) in [6.07, 6.45) is 2.02. The molecular weight excluding hydrogens is 561 g/mol. The summed E-state index contributed by atoms with van der Waals surface area (Å²) in [5, 5.41) is 8.65. The number of nitrogens with one attached hydrogen (secondary N) is 4. The van der Waals surface area contributed by atoms with Gasteiger partial charge in [0.25, 0.3) is 17.7 Å². The molecule has 2 heterocycles. The van der Waals surface area contributed by atoms with E-state index in [1.807, 2.05) is 0 Å². The Morgan fingerprint density at radius 1 is 1.03 bits per heavy atom. The van der Waals surface area contributed by atoms with Gasteiger partial charge < -0.3 is 25.7 Å². The van der Waals surface area contributed by atoms with Crippen LogP contribution in [0.2, 0.25) is 5.02 Å². The zero-order chi connectivity index (χ0) is 23.4. The second-order valence-electron chi connectivity index (χ2n) is 7.27. The summed E-state index contributed by atoms with van der Waals surface area (Å²) in [7, 11) is 0. The minimum atomic E-state index is -0.536. The Morgan fingerprint density at radius 2 is 1.73 bits per heavy atom. The van der Waals surface area contributed by atoms with Gasteiger partial charge in [-0.3, -0.25) is 14.4 Å². The molecule has 1 saturated heterocycles. The molecule has 0 spiro atoms. The predicted molar refractivity (Wildman–Crippen MR) is 132 cm³/mol. The van der Waals surface area contributed by atoms with Crippen molar-refractivity contribution in [1.82, 2.24) is 15.3 Å². The van der Waals surface area contributed by atoms with Gasteiger partial charge in [0, 0.05) is 21.6 Å². The van der Waals surface area contributed by atoms with E-state index < -0.39 is 11.8 Å². The van der Waals surface area contributed by atoms with Crippen molar-refractivity contribution in [2.24, 2.45) is 0 Å². The first-order valence-corrected chi connectivity index (χ1v) is 11.5. The Kier molecular flexibility index (Phi) is 7.26. The number of imidazole rings is 1. The number of nitrogens with zero attached hydrogens (tertiary/aromatic N) is 1. The van der Waals surface area contributed by atoms with Crippen LogP contribution in [0, 0.1) is 3.57 Å². The van der Waals surface area contributed by atoms with Crippen LogP contribution in [0.1, 0.15) is 37.8 Å². The van der Waals surface area contributed by atoms with Crippen molar-refractivity contribution in [2.45, 2.75) is 12.5 Å². The molecule has 11 heteroatoms. The number of amides is 3. The zero-order valence-corrected chi connectivity index (χ0v) is 20.1. The molecule has 0 saturated carbocycles. The molecule has 170 valence electrons. The van der Waals surface area contributed by atoms with Gasteiger partial charge in [-0.2, -0.15) is 0 Å². The summed E-state index contributed by atoms with van der Waals surface area (Å²) >= 11 is 8.27. The number of carbonyl (C=O) groups is 3. The van der Waals surface area contributed by atoms with Gasteiger partial charge >= 0.3 is 0 Å². The summed E-state index contributed by atoms with van der Waals surface area (Å²) < 4.78 is 6.18. The van der Waals surface area contributed by atoms with E-state index in [0.717, 1.165) is 9.99 Å². The SMILES string of the molecule is O=C(Nc1ccc(NC(=O)c2nc[nH]c2C(=O)NC2CCOC2)cc1)c1ccc(I)cc1Cl. The molecule has 1 aromatic heterocycles. The van der Waals surface area contributed by atoms with Gasteiger partial charge in [-0.15, -0.1) is 0 Å². The molecule has 1 aliphatic rings. The molecule has 0 aliphatic carbocycles. The molecule has 0 bridgehead atoms. The first kappa shape index (κ1) is 23.2. The van der Waals surface area contributed by atoms with Crippen molar-refractivity contribution in [1.29, 1.82) is 0 Å². The molecule has 1 aliphatic heterocycles. The Balaban J connectivity index is 1.38. The van der Waals surface area contributed by atoms with Gasteiger partial charge in [0.05, 0.1) is 29.6 Å². The fraction of sp³-hybridized carbons (Fsp3) is 0.182. The average Bonchev–Trinajstić information content (AvgIpc) is 3.47. The number of benzene rings is 2. The number of carbonyl (C=O) groups excluding carboxylic acids is 3. The molecule has 1 unspecified atom stereocenters. The lowest BCUT2D eigenvalue weighted by Crippen LogP contribution is -2.36. The largest absolute Gasteiger partial charge is 0.379 e. The quantitative estimate of drug-likeness (QED) is 0.332. The van der Waals surface area contributed by atoms with E-state index in [4.69, 9.17) is 16.3 Å². The minimum absolute atomic E-state index is 0.0165. The lowest BCUT2D eigenvalue weighted by atomic mass is 10.2. The normalized spacial score (nSPS) is 15.2. The Morgan fingerprint density at radius 3 is 2.36 bits per heavy atom. The third-order valence-electron chi connectivity index (χ3n) is 4.92. The van der Waals surface area contributed by atoms with Crippen LogP contribution in [0.3, 0.4) is 0 Å². The number of hydrogen-bond acceptors (Lipinski definition) is 5. The van der Waals surface area contributed by atoms with Crippen LogP contribution in [-0.4, -0.2) is 46.9 Å². The maximum absolute atomic E-state index is 12.7. The second-order valence-corrected chi connectivity index (χ2v) is 8.92. The number of hydrogen-bond donors (Lipinski definition) is 4. The molecule has 9 nitrogen and oxygen atoms in total. The number of aromatic amines is 1. The Labute approximate surface area is 207 Å². The molecule has 0 radical (unpaired) electrons. The highest BCUT2D eigenvalue weighted by molar-refractivity contribution is 14.1. The predicted octanol–water partition coefficient (Wildman–Crippen LogP) is 3.69. The summed E-state index contributed by atoms with van der Waals surface area (Å²) in [5.41, 5.74) is 1.44. The highest BCUT2D eigenvalue weighted by atomic mass is 127. The van der Waals surface area contributed by atoms with Crippen LogP contribution in [0.25, 0.3) is 0 Å². The van der Waals surface area contributed by atoms with Crippen LogP contribution in [-0.2, 0) is 4.74 Å². The minimum Gasteiger partial charge on any atom is -0.379 e. The summed E-state index contributed by atoms with van der Waals surface area (Å²) in [6, 6.07) is 11.6. The van der Waals surface area contributed by atoms with E-state index in [-0.39, 0.29) is 23.3 Å². The smallest absolute Gasteiger partial charge is 0.276 e. The second kappa shape index (κ2) is 10.3. The van der Waals surface area contributed by atoms with Crippen LogP contribution < -0.4 is 16.0 Å². The topological polar surface area (TPSA) is 125 Å². The van der Waals surface area contributed by atoms with Crippen molar-refractivity contribution in [2.75, 3.05) is 23.8 Å². The molecule has 4 rings (SSSR count). The van der Waals surface area contributed by atoms with Crippen molar-refractivity contribution in [3.63, 3.8) is 0 Å². The van der Waals surface area contributed by atoms with E-state index in [1.54, 1.807) is 42.5 Å². The third kappa shape index (κ3) is 5.70. The van der Waals surface area contributed by atoms with E-state index >= 15 is 0 Å². The number of ether oxygens (including phenoxy) is 1. The van der Waals surface area contributed by atoms with Gasteiger partial charge in [0.2, 0.25) is 0 Å². The maximum Gasteiger partial charge on any atom is 0.276 e. The number of rotatable bonds is 6. The van der Waals surface area contributed by atoms with Crippen LogP contribution in [0.4, 0.5) is 11.4 Å². The third-order valence-corrected chi connectivity index (χ3v) is 5.91. The number of anilines is 2. The van der Waals surface area contributed by atoms with Gasteiger partial charge in [-0.1, -0.05) is 11.6 Å². The highest BCUT2D eigenvalue weighted by Crippen LogP contribution is 2.21.